The van der Waals surface area contributed by atoms with Crippen molar-refractivity contribution in [2.75, 3.05) is 6.61 Å². The summed E-state index contributed by atoms with van der Waals surface area (Å²) in [5.41, 5.74) is 5.19. The molecule has 2 N–H and O–H groups in total. The van der Waals surface area contributed by atoms with Gasteiger partial charge in [-0.05, 0) is 31.6 Å². The predicted molar refractivity (Wildman–Crippen MR) is 60.4 cm³/mol. The molecule has 0 radical (unpaired) electrons. The highest BCUT2D eigenvalue weighted by Gasteiger charge is 2.32. The zero-order valence-corrected chi connectivity index (χ0v) is 9.92. The van der Waals surface area contributed by atoms with E-state index in [0.29, 0.717) is 25.4 Å². The van der Waals surface area contributed by atoms with Gasteiger partial charge in [-0.2, -0.15) is 0 Å². The van der Waals surface area contributed by atoms with Crippen LogP contribution in [0, 0.1) is 5.92 Å². The Morgan fingerprint density at radius 3 is 2.33 bits per heavy atom. The van der Waals surface area contributed by atoms with Crippen LogP contribution in [0.4, 0.5) is 0 Å². The van der Waals surface area contributed by atoms with Crippen LogP contribution in [-0.2, 0) is 9.53 Å². The van der Waals surface area contributed by atoms with Gasteiger partial charge in [0.15, 0.2) is 0 Å². The van der Waals surface area contributed by atoms with Crippen LogP contribution >= 0.6 is 0 Å². The lowest BCUT2D eigenvalue weighted by molar-refractivity contribution is -0.151. The van der Waals surface area contributed by atoms with Gasteiger partial charge >= 0.3 is 5.97 Å². The van der Waals surface area contributed by atoms with Gasteiger partial charge in [-0.15, -0.1) is 0 Å². The third kappa shape index (κ3) is 3.20. The van der Waals surface area contributed by atoms with Crippen LogP contribution in [-0.4, -0.2) is 18.1 Å². The third-order valence-corrected chi connectivity index (χ3v) is 3.59. The van der Waals surface area contributed by atoms with E-state index in [1.807, 2.05) is 13.8 Å². The highest BCUT2D eigenvalue weighted by atomic mass is 16.5. The van der Waals surface area contributed by atoms with E-state index in [-0.39, 0.29) is 5.97 Å². The Bertz CT molecular complexity index is 206. The summed E-state index contributed by atoms with van der Waals surface area (Å²) < 4.78 is 5.31. The quantitative estimate of drug-likeness (QED) is 0.712. The molecule has 0 aromatic carbocycles. The highest BCUT2D eigenvalue weighted by Crippen LogP contribution is 2.25. The first-order chi connectivity index (χ1) is 7.12. The summed E-state index contributed by atoms with van der Waals surface area (Å²) in [5.74, 6) is 0.353. The molecule has 0 amide bonds. The summed E-state index contributed by atoms with van der Waals surface area (Å²) in [6, 6.07) is 0. The molecular weight excluding hydrogens is 190 g/mol. The first-order valence-electron chi connectivity index (χ1n) is 6.08. The minimum Gasteiger partial charge on any atom is -0.464 e. The lowest BCUT2D eigenvalue weighted by Gasteiger charge is -2.24. The second-order valence-electron chi connectivity index (χ2n) is 4.61. The van der Waals surface area contributed by atoms with Crippen molar-refractivity contribution in [2.24, 2.45) is 11.7 Å². The molecule has 0 atom stereocenters. The molecule has 0 aliphatic heterocycles. The van der Waals surface area contributed by atoms with Gasteiger partial charge in [0.2, 0.25) is 0 Å². The van der Waals surface area contributed by atoms with Gasteiger partial charge in [-0.3, -0.25) is 4.79 Å². The molecule has 88 valence electrons. The van der Waals surface area contributed by atoms with Crippen molar-refractivity contribution in [1.82, 2.24) is 0 Å². The maximum atomic E-state index is 11.7. The molecule has 0 spiro atoms. The Morgan fingerprint density at radius 1 is 1.33 bits per heavy atom. The normalized spacial score (nSPS) is 18.1. The molecule has 1 saturated carbocycles. The van der Waals surface area contributed by atoms with Crippen molar-refractivity contribution in [3.63, 3.8) is 0 Å². The predicted octanol–water partition coefficient (Wildman–Crippen LogP) is 2.24. The minimum absolute atomic E-state index is 0.223. The van der Waals surface area contributed by atoms with Crippen molar-refractivity contribution >= 4 is 5.97 Å². The Kier molecular flexibility index (Phi) is 4.58. The molecule has 3 heteroatoms. The van der Waals surface area contributed by atoms with E-state index in [2.05, 4.69) is 0 Å². The van der Waals surface area contributed by atoms with E-state index >= 15 is 0 Å². The average Bonchev–Trinajstić information content (AvgIpc) is 2.77. The number of hydrogen-bond donors (Lipinski definition) is 1. The maximum Gasteiger partial charge on any atom is 0.326 e. The van der Waals surface area contributed by atoms with Gasteiger partial charge < -0.3 is 10.5 Å². The number of carbonyl (C=O) groups is 1. The lowest BCUT2D eigenvalue weighted by atomic mass is 9.94. The van der Waals surface area contributed by atoms with E-state index < -0.39 is 5.54 Å². The van der Waals surface area contributed by atoms with E-state index in [0.717, 1.165) is 0 Å². The molecule has 1 rings (SSSR count). The van der Waals surface area contributed by atoms with Gasteiger partial charge in [0, 0.05) is 0 Å². The first kappa shape index (κ1) is 12.5. The SMILES string of the molecule is CCC(N)(CC)C(=O)OCC1CCCC1. The Balaban J connectivity index is 2.33. The zero-order valence-electron chi connectivity index (χ0n) is 9.92. The van der Waals surface area contributed by atoms with Crippen molar-refractivity contribution in [3.8, 4) is 0 Å². The first-order valence-corrected chi connectivity index (χ1v) is 6.08. The molecule has 1 aliphatic rings. The molecule has 0 aromatic rings. The fourth-order valence-electron chi connectivity index (χ4n) is 2.05. The van der Waals surface area contributed by atoms with E-state index in [9.17, 15) is 4.79 Å². The minimum atomic E-state index is -0.765. The number of carbonyl (C=O) groups excluding carboxylic acids is 1. The molecular formula is C12H23NO2. The van der Waals surface area contributed by atoms with E-state index in [1.54, 1.807) is 0 Å². The number of ether oxygens (including phenoxy) is 1. The topological polar surface area (TPSA) is 52.3 Å². The second-order valence-corrected chi connectivity index (χ2v) is 4.61. The molecule has 15 heavy (non-hydrogen) atoms. The lowest BCUT2D eigenvalue weighted by Crippen LogP contribution is -2.48. The second kappa shape index (κ2) is 5.50. The van der Waals surface area contributed by atoms with Crippen LogP contribution in [0.5, 0.6) is 0 Å². The fraction of sp³-hybridized carbons (Fsp3) is 0.917. The largest absolute Gasteiger partial charge is 0.464 e. The Morgan fingerprint density at radius 2 is 1.87 bits per heavy atom. The van der Waals surface area contributed by atoms with Crippen molar-refractivity contribution < 1.29 is 9.53 Å². The van der Waals surface area contributed by atoms with Crippen LogP contribution in [0.2, 0.25) is 0 Å². The van der Waals surface area contributed by atoms with Gasteiger partial charge in [0.25, 0.3) is 0 Å². The van der Waals surface area contributed by atoms with Crippen molar-refractivity contribution in [3.05, 3.63) is 0 Å². The van der Waals surface area contributed by atoms with Gasteiger partial charge in [-0.1, -0.05) is 26.7 Å². The van der Waals surface area contributed by atoms with Gasteiger partial charge in [0.05, 0.1) is 6.61 Å². The number of nitrogens with two attached hydrogens (primary N) is 1. The summed E-state index contributed by atoms with van der Waals surface area (Å²) >= 11 is 0. The Labute approximate surface area is 92.4 Å². The fourth-order valence-corrected chi connectivity index (χ4v) is 2.05. The van der Waals surface area contributed by atoms with E-state index in [1.165, 1.54) is 25.7 Å². The molecule has 3 nitrogen and oxygen atoms in total. The summed E-state index contributed by atoms with van der Waals surface area (Å²) in [7, 11) is 0. The third-order valence-electron chi connectivity index (χ3n) is 3.59. The van der Waals surface area contributed by atoms with Crippen LogP contribution in [0.15, 0.2) is 0 Å². The molecule has 1 fully saturated rings. The summed E-state index contributed by atoms with van der Waals surface area (Å²) in [6.45, 7) is 4.43. The average molecular weight is 213 g/mol. The molecule has 1 aliphatic carbocycles. The Hall–Kier alpha value is -0.570. The maximum absolute atomic E-state index is 11.7. The smallest absolute Gasteiger partial charge is 0.326 e. The summed E-state index contributed by atoms with van der Waals surface area (Å²) in [6.07, 6.45) is 6.24. The van der Waals surface area contributed by atoms with Gasteiger partial charge in [-0.25, -0.2) is 0 Å². The van der Waals surface area contributed by atoms with Crippen molar-refractivity contribution in [2.45, 2.75) is 57.9 Å². The van der Waals surface area contributed by atoms with Gasteiger partial charge in [0.1, 0.15) is 5.54 Å². The zero-order chi connectivity index (χ0) is 11.3. The van der Waals surface area contributed by atoms with Crippen LogP contribution in [0.25, 0.3) is 0 Å². The van der Waals surface area contributed by atoms with Crippen LogP contribution in [0.1, 0.15) is 52.4 Å². The standard InChI is InChI=1S/C12H23NO2/c1-3-12(13,4-2)11(14)15-9-10-7-5-6-8-10/h10H,3-9,13H2,1-2H3. The van der Waals surface area contributed by atoms with Crippen LogP contribution in [0.3, 0.4) is 0 Å². The molecule has 0 bridgehead atoms. The number of rotatable bonds is 5. The summed E-state index contributed by atoms with van der Waals surface area (Å²) in [5, 5.41) is 0. The van der Waals surface area contributed by atoms with E-state index in [4.69, 9.17) is 10.5 Å². The van der Waals surface area contributed by atoms with Crippen molar-refractivity contribution in [1.29, 1.82) is 0 Å². The summed E-state index contributed by atoms with van der Waals surface area (Å²) in [4.78, 5) is 11.7. The van der Waals surface area contributed by atoms with Crippen LogP contribution < -0.4 is 5.73 Å². The molecule has 0 saturated heterocycles. The highest BCUT2D eigenvalue weighted by molar-refractivity contribution is 5.80. The number of hydrogen-bond acceptors (Lipinski definition) is 3. The number of esters is 1. The molecule has 0 heterocycles. The molecule has 0 unspecified atom stereocenters. The molecule has 0 aromatic heterocycles. The monoisotopic (exact) mass is 213 g/mol.